The number of thioether (sulfide) groups is 1. The van der Waals surface area contributed by atoms with E-state index in [2.05, 4.69) is 22.5 Å². The number of ether oxygens (including phenoxy) is 1. The number of nitrogens with zero attached hydrogens (tertiary/aromatic N) is 2. The Bertz CT molecular complexity index is 701. The number of benzene rings is 1. The summed E-state index contributed by atoms with van der Waals surface area (Å²) in [6, 6.07) is 9.97. The Morgan fingerprint density at radius 3 is 2.87 bits per heavy atom. The molecule has 1 aromatic heterocycles. The predicted molar refractivity (Wildman–Crippen MR) is 93.7 cm³/mol. The topological polar surface area (TPSA) is 45.6 Å². The van der Waals surface area contributed by atoms with Crippen molar-refractivity contribution in [3.05, 3.63) is 59.8 Å². The molecule has 4 nitrogen and oxygen atoms in total. The number of hydrogen-bond donors (Lipinski definition) is 1. The normalized spacial score (nSPS) is 14.8. The molecule has 0 spiro atoms. The number of aliphatic hydroxyl groups is 1. The van der Waals surface area contributed by atoms with Crippen LogP contribution in [0.2, 0.25) is 0 Å². The molecule has 3 rings (SSSR count). The van der Waals surface area contributed by atoms with Gasteiger partial charge in [-0.25, -0.2) is 4.98 Å². The maximum Gasteiger partial charge on any atom is 0.137 e. The van der Waals surface area contributed by atoms with Crippen molar-refractivity contribution in [2.45, 2.75) is 18.1 Å². The molecule has 0 atom stereocenters. The molecule has 120 valence electrons. The lowest BCUT2D eigenvalue weighted by Gasteiger charge is -2.20. The van der Waals surface area contributed by atoms with Crippen LogP contribution in [0.25, 0.3) is 5.76 Å². The monoisotopic (exact) mass is 328 g/mol. The number of aliphatic hydroxyl groups excluding tert-OH is 1. The zero-order valence-corrected chi connectivity index (χ0v) is 14.0. The lowest BCUT2D eigenvalue weighted by atomic mass is 10.1. The van der Waals surface area contributed by atoms with Crippen LogP contribution < -0.4 is 4.74 Å². The van der Waals surface area contributed by atoms with Gasteiger partial charge in [-0.3, -0.25) is 4.90 Å². The van der Waals surface area contributed by atoms with Crippen LogP contribution in [0, 0.1) is 0 Å². The van der Waals surface area contributed by atoms with Crippen LogP contribution in [0.3, 0.4) is 0 Å². The minimum Gasteiger partial charge on any atom is -0.508 e. The first kappa shape index (κ1) is 15.9. The lowest BCUT2D eigenvalue weighted by Crippen LogP contribution is -2.24. The second-order valence-electron chi connectivity index (χ2n) is 5.54. The molecule has 0 unspecified atom stereocenters. The number of methoxy groups -OCH3 is 1. The van der Waals surface area contributed by atoms with Gasteiger partial charge < -0.3 is 9.84 Å². The molecule has 2 aromatic rings. The molecule has 5 heteroatoms. The molecule has 0 bridgehead atoms. The summed E-state index contributed by atoms with van der Waals surface area (Å²) in [7, 11) is 1.67. The smallest absolute Gasteiger partial charge is 0.137 e. The van der Waals surface area contributed by atoms with Crippen LogP contribution in [0.5, 0.6) is 5.75 Å². The highest BCUT2D eigenvalue weighted by molar-refractivity contribution is 7.99. The number of hydrogen-bond acceptors (Lipinski definition) is 5. The van der Waals surface area contributed by atoms with Gasteiger partial charge in [0.1, 0.15) is 16.5 Å². The molecule has 0 radical (unpaired) electrons. The third-order valence-corrected chi connectivity index (χ3v) is 4.90. The quantitative estimate of drug-likeness (QED) is 0.867. The van der Waals surface area contributed by atoms with E-state index in [1.807, 2.05) is 24.3 Å². The molecule has 1 aliphatic rings. The molecular formula is C18H20N2O2S. The summed E-state index contributed by atoms with van der Waals surface area (Å²) in [6.07, 6.45) is 1.78. The van der Waals surface area contributed by atoms with Crippen LogP contribution in [-0.4, -0.2) is 34.4 Å². The van der Waals surface area contributed by atoms with Crippen molar-refractivity contribution in [1.29, 1.82) is 0 Å². The van der Waals surface area contributed by atoms with Gasteiger partial charge in [-0.15, -0.1) is 11.8 Å². The van der Waals surface area contributed by atoms with E-state index in [1.165, 1.54) is 11.1 Å². The Hall–Kier alpha value is -1.98. The number of rotatable bonds is 4. The number of pyridine rings is 1. The minimum atomic E-state index is 0.106. The Balaban J connectivity index is 1.74. The Morgan fingerprint density at radius 2 is 2.17 bits per heavy atom. The molecule has 1 N–H and O–H groups in total. The summed E-state index contributed by atoms with van der Waals surface area (Å²) in [5.74, 6) is 1.93. The van der Waals surface area contributed by atoms with E-state index in [-0.39, 0.29) is 5.76 Å². The van der Waals surface area contributed by atoms with Gasteiger partial charge in [0, 0.05) is 36.5 Å². The molecule has 0 saturated carbocycles. The maximum absolute atomic E-state index is 9.41. The van der Waals surface area contributed by atoms with Crippen molar-refractivity contribution in [1.82, 2.24) is 9.88 Å². The third-order valence-electron chi connectivity index (χ3n) is 3.87. The summed E-state index contributed by atoms with van der Waals surface area (Å²) < 4.78 is 5.29. The van der Waals surface area contributed by atoms with E-state index in [4.69, 9.17) is 4.74 Å². The molecule has 0 saturated heterocycles. The fourth-order valence-corrected chi connectivity index (χ4v) is 3.60. The second kappa shape index (κ2) is 7.06. The molecule has 23 heavy (non-hydrogen) atoms. The SMILES string of the molecule is C=C(O)c1ccc(CN2CCSc3ncc(OC)cc3C2)cc1. The van der Waals surface area contributed by atoms with Crippen LogP contribution in [0.4, 0.5) is 0 Å². The standard InChI is InChI=1S/C18H20N2O2S/c1-13(21)15-5-3-14(4-6-15)11-20-7-8-23-18-16(12-20)9-17(22-2)10-19-18/h3-6,9-10,21H,1,7-8,11-12H2,2H3. The highest BCUT2D eigenvalue weighted by atomic mass is 32.2. The van der Waals surface area contributed by atoms with Crippen molar-refractivity contribution in [3.8, 4) is 5.75 Å². The molecule has 1 aromatic carbocycles. The van der Waals surface area contributed by atoms with Crippen LogP contribution in [-0.2, 0) is 13.1 Å². The Morgan fingerprint density at radius 1 is 1.39 bits per heavy atom. The van der Waals surface area contributed by atoms with E-state index in [0.29, 0.717) is 0 Å². The predicted octanol–water partition coefficient (Wildman–Crippen LogP) is 3.73. The third kappa shape index (κ3) is 3.86. The van der Waals surface area contributed by atoms with E-state index in [9.17, 15) is 5.11 Å². The lowest BCUT2D eigenvalue weighted by molar-refractivity contribution is 0.273. The molecule has 2 heterocycles. The molecule has 0 fully saturated rings. The largest absolute Gasteiger partial charge is 0.508 e. The Kier molecular flexibility index (Phi) is 4.88. The van der Waals surface area contributed by atoms with Crippen LogP contribution in [0.15, 0.2) is 48.1 Å². The summed E-state index contributed by atoms with van der Waals surface area (Å²) >= 11 is 1.80. The van der Waals surface area contributed by atoms with Gasteiger partial charge in [-0.2, -0.15) is 0 Å². The zero-order valence-electron chi connectivity index (χ0n) is 13.2. The van der Waals surface area contributed by atoms with Crippen molar-refractivity contribution in [2.75, 3.05) is 19.4 Å². The van der Waals surface area contributed by atoms with E-state index < -0.39 is 0 Å². The van der Waals surface area contributed by atoms with Gasteiger partial charge in [0.15, 0.2) is 0 Å². The highest BCUT2D eigenvalue weighted by Crippen LogP contribution is 2.28. The van der Waals surface area contributed by atoms with Crippen LogP contribution in [0.1, 0.15) is 16.7 Å². The molecular weight excluding hydrogens is 308 g/mol. The van der Waals surface area contributed by atoms with Crippen molar-refractivity contribution in [2.24, 2.45) is 0 Å². The van der Waals surface area contributed by atoms with Gasteiger partial charge in [0.05, 0.1) is 13.3 Å². The van der Waals surface area contributed by atoms with E-state index in [1.54, 1.807) is 25.1 Å². The van der Waals surface area contributed by atoms with Gasteiger partial charge in [-0.05, 0) is 11.6 Å². The Labute approximate surface area is 140 Å². The average Bonchev–Trinajstić information content (AvgIpc) is 2.76. The molecule has 1 aliphatic heterocycles. The van der Waals surface area contributed by atoms with E-state index >= 15 is 0 Å². The van der Waals surface area contributed by atoms with Crippen molar-refractivity contribution >= 4 is 17.5 Å². The zero-order chi connectivity index (χ0) is 16.2. The highest BCUT2D eigenvalue weighted by Gasteiger charge is 2.17. The number of fused-ring (bicyclic) bond motifs is 1. The fourth-order valence-electron chi connectivity index (χ4n) is 2.62. The molecule has 0 aliphatic carbocycles. The second-order valence-corrected chi connectivity index (χ2v) is 6.63. The summed E-state index contributed by atoms with van der Waals surface area (Å²) in [6.45, 7) is 6.29. The average molecular weight is 328 g/mol. The first-order valence-electron chi connectivity index (χ1n) is 7.51. The maximum atomic E-state index is 9.41. The summed E-state index contributed by atoms with van der Waals surface area (Å²) in [5.41, 5.74) is 3.20. The van der Waals surface area contributed by atoms with Crippen molar-refractivity contribution < 1.29 is 9.84 Å². The summed E-state index contributed by atoms with van der Waals surface area (Å²) in [4.78, 5) is 6.90. The van der Waals surface area contributed by atoms with Gasteiger partial charge >= 0.3 is 0 Å². The van der Waals surface area contributed by atoms with Crippen LogP contribution >= 0.6 is 11.8 Å². The van der Waals surface area contributed by atoms with Gasteiger partial charge in [0.2, 0.25) is 0 Å². The first-order valence-corrected chi connectivity index (χ1v) is 8.49. The van der Waals surface area contributed by atoms with E-state index in [0.717, 1.165) is 41.7 Å². The van der Waals surface area contributed by atoms with Gasteiger partial charge in [0.25, 0.3) is 0 Å². The summed E-state index contributed by atoms with van der Waals surface area (Å²) in [5, 5.41) is 10.5. The fraction of sp³-hybridized carbons (Fsp3) is 0.278. The van der Waals surface area contributed by atoms with Gasteiger partial charge in [-0.1, -0.05) is 30.8 Å². The minimum absolute atomic E-state index is 0.106. The molecule has 0 amide bonds. The number of aromatic nitrogens is 1. The van der Waals surface area contributed by atoms with Crippen molar-refractivity contribution in [3.63, 3.8) is 0 Å². The first-order chi connectivity index (χ1) is 11.2.